The number of amides is 1. The SMILES string of the molecule is CCN(CC)CCN(C(=O)c1ccc(S(=O)(=O)N2CC(C)OC(C)C2)cc1)c1nc2cc3c(cc2s1)OCCO3.Cl. The molecule has 1 amide bonds. The van der Waals surface area contributed by atoms with Gasteiger partial charge >= 0.3 is 0 Å². The molecule has 3 aromatic rings. The summed E-state index contributed by atoms with van der Waals surface area (Å²) in [5.41, 5.74) is 1.13. The standard InChI is InChI=1S/C28H36N4O6S2.ClH/c1-5-30(6-2)11-12-32(28-29-23-15-24-25(16-26(23)39-28)37-14-13-36-24)27(33)21-7-9-22(10-8-21)40(34,35)31-17-19(3)38-20(4)18-31;/h7-10,15-16,19-20H,5-6,11-14,17-18H2,1-4H3;1H. The van der Waals surface area contributed by atoms with Gasteiger partial charge in [0.1, 0.15) is 13.2 Å². The van der Waals surface area contributed by atoms with Crippen LogP contribution >= 0.6 is 23.7 Å². The second-order valence-corrected chi connectivity index (χ2v) is 13.0. The van der Waals surface area contributed by atoms with Gasteiger partial charge in [-0.2, -0.15) is 4.31 Å². The number of benzene rings is 2. The molecule has 2 aliphatic heterocycles. The summed E-state index contributed by atoms with van der Waals surface area (Å²) in [6.45, 7) is 12.3. The number of fused-ring (bicyclic) bond motifs is 2. The van der Waals surface area contributed by atoms with Gasteiger partial charge in [0.15, 0.2) is 16.6 Å². The van der Waals surface area contributed by atoms with Crippen LogP contribution in [0.25, 0.3) is 10.2 Å². The number of sulfonamides is 1. The summed E-state index contributed by atoms with van der Waals surface area (Å²) >= 11 is 1.42. The maximum Gasteiger partial charge on any atom is 0.260 e. The van der Waals surface area contributed by atoms with Crippen molar-refractivity contribution in [3.05, 3.63) is 42.0 Å². The van der Waals surface area contributed by atoms with Crippen LogP contribution in [0.5, 0.6) is 11.5 Å². The van der Waals surface area contributed by atoms with Crippen LogP contribution < -0.4 is 14.4 Å². The van der Waals surface area contributed by atoms with Gasteiger partial charge in [0, 0.05) is 43.9 Å². The number of halogens is 1. The van der Waals surface area contributed by atoms with Gasteiger partial charge < -0.3 is 19.1 Å². The number of aromatic nitrogens is 1. The molecular weight excluding hydrogens is 588 g/mol. The molecule has 0 aliphatic carbocycles. The first-order chi connectivity index (χ1) is 19.2. The van der Waals surface area contributed by atoms with Crippen molar-refractivity contribution in [3.63, 3.8) is 0 Å². The molecule has 10 nitrogen and oxygen atoms in total. The number of morpholine rings is 1. The topological polar surface area (TPSA) is 102 Å². The van der Waals surface area contributed by atoms with Crippen LogP contribution in [-0.2, 0) is 14.8 Å². The second-order valence-electron chi connectivity index (χ2n) is 10.0. The van der Waals surface area contributed by atoms with Crippen LogP contribution in [0.1, 0.15) is 38.1 Å². The summed E-state index contributed by atoms with van der Waals surface area (Å²) in [7, 11) is -3.71. The van der Waals surface area contributed by atoms with Gasteiger partial charge in [-0.15, -0.1) is 12.4 Å². The van der Waals surface area contributed by atoms with E-state index in [0.717, 1.165) is 23.3 Å². The van der Waals surface area contributed by atoms with Gasteiger partial charge in [-0.1, -0.05) is 25.2 Å². The fraction of sp³-hybridized carbons (Fsp3) is 0.500. The molecule has 2 aliphatic rings. The van der Waals surface area contributed by atoms with Crippen molar-refractivity contribution in [1.82, 2.24) is 14.2 Å². The zero-order valence-electron chi connectivity index (χ0n) is 23.7. The Bertz CT molecular complexity index is 1410. The lowest BCUT2D eigenvalue weighted by Crippen LogP contribution is -2.48. The van der Waals surface area contributed by atoms with Gasteiger partial charge in [-0.3, -0.25) is 9.69 Å². The van der Waals surface area contributed by atoms with Crippen molar-refractivity contribution in [3.8, 4) is 11.5 Å². The lowest BCUT2D eigenvalue weighted by molar-refractivity contribution is -0.0440. The molecule has 0 spiro atoms. The number of likely N-dealkylation sites (N-methyl/N-ethyl adjacent to an activating group) is 1. The molecular formula is C28H37ClN4O6S2. The second kappa shape index (κ2) is 13.2. The molecule has 0 bridgehead atoms. The highest BCUT2D eigenvalue weighted by molar-refractivity contribution is 7.89. The normalized spacial score (nSPS) is 19.2. The Kier molecular flexibility index (Phi) is 10.1. The van der Waals surface area contributed by atoms with Crippen molar-refractivity contribution in [2.45, 2.75) is 44.8 Å². The Hall–Kier alpha value is -2.48. The van der Waals surface area contributed by atoms with Crippen LogP contribution in [0.4, 0.5) is 5.13 Å². The van der Waals surface area contributed by atoms with Crippen molar-refractivity contribution in [2.24, 2.45) is 0 Å². The van der Waals surface area contributed by atoms with Gasteiger partial charge in [0.05, 0.1) is 27.3 Å². The molecule has 2 atom stereocenters. The van der Waals surface area contributed by atoms with E-state index in [2.05, 4.69) is 18.7 Å². The lowest BCUT2D eigenvalue weighted by Gasteiger charge is -2.34. The Labute approximate surface area is 251 Å². The van der Waals surface area contributed by atoms with Crippen LogP contribution in [0.15, 0.2) is 41.3 Å². The first-order valence-corrected chi connectivity index (χ1v) is 15.9. The predicted molar refractivity (Wildman–Crippen MR) is 163 cm³/mol. The zero-order valence-corrected chi connectivity index (χ0v) is 26.2. The molecule has 5 rings (SSSR count). The molecule has 13 heteroatoms. The largest absolute Gasteiger partial charge is 0.486 e. The number of hydrogen-bond donors (Lipinski definition) is 0. The quantitative estimate of drug-likeness (QED) is 0.348. The third-order valence-corrected chi connectivity index (χ3v) is 10.1. The highest BCUT2D eigenvalue weighted by atomic mass is 35.5. The fourth-order valence-electron chi connectivity index (χ4n) is 5.03. The van der Waals surface area contributed by atoms with E-state index >= 15 is 0 Å². The predicted octanol–water partition coefficient (Wildman–Crippen LogP) is 4.28. The molecule has 0 N–H and O–H groups in total. The Morgan fingerprint density at radius 1 is 1.00 bits per heavy atom. The van der Waals surface area contributed by atoms with Crippen LogP contribution in [0.2, 0.25) is 0 Å². The molecule has 3 heterocycles. The van der Waals surface area contributed by atoms with Gasteiger partial charge in [0.2, 0.25) is 10.0 Å². The lowest BCUT2D eigenvalue weighted by atomic mass is 10.2. The summed E-state index contributed by atoms with van der Waals surface area (Å²) < 4.78 is 46.1. The first-order valence-electron chi connectivity index (χ1n) is 13.7. The van der Waals surface area contributed by atoms with Crippen LogP contribution in [-0.4, -0.2) is 93.2 Å². The molecule has 1 aromatic heterocycles. The Balaban J connectivity index is 0.00000387. The number of carbonyl (C=O) groups excluding carboxylic acids is 1. The molecule has 0 radical (unpaired) electrons. The maximum absolute atomic E-state index is 13.9. The highest BCUT2D eigenvalue weighted by Gasteiger charge is 2.32. The minimum absolute atomic E-state index is 0. The number of rotatable bonds is 9. The van der Waals surface area contributed by atoms with Crippen molar-refractivity contribution >= 4 is 55.0 Å². The summed E-state index contributed by atoms with van der Waals surface area (Å²) in [6, 6.07) is 9.95. The third kappa shape index (κ3) is 6.79. The van der Waals surface area contributed by atoms with Gasteiger partial charge in [-0.05, 0) is 51.2 Å². The summed E-state index contributed by atoms with van der Waals surface area (Å²) in [5, 5.41) is 0.572. The molecule has 1 saturated heterocycles. The first kappa shape index (κ1) is 31.5. The zero-order chi connectivity index (χ0) is 28.4. The smallest absolute Gasteiger partial charge is 0.260 e. The Morgan fingerprint density at radius 3 is 2.22 bits per heavy atom. The number of thiazole rings is 1. The van der Waals surface area contributed by atoms with E-state index in [1.165, 1.54) is 27.8 Å². The number of nitrogens with zero attached hydrogens (tertiary/aromatic N) is 4. The molecule has 0 saturated carbocycles. The van der Waals surface area contributed by atoms with Crippen LogP contribution in [0.3, 0.4) is 0 Å². The van der Waals surface area contributed by atoms with E-state index in [0.29, 0.717) is 61.6 Å². The summed E-state index contributed by atoms with van der Waals surface area (Å²) in [6.07, 6.45) is -0.368. The van der Waals surface area contributed by atoms with E-state index < -0.39 is 10.0 Å². The van der Waals surface area contributed by atoms with E-state index in [4.69, 9.17) is 19.2 Å². The van der Waals surface area contributed by atoms with Crippen molar-refractivity contribution < 1.29 is 27.4 Å². The minimum atomic E-state index is -3.71. The molecule has 2 aromatic carbocycles. The number of hydrogen-bond acceptors (Lipinski definition) is 9. The average Bonchev–Trinajstić information content (AvgIpc) is 3.35. The highest BCUT2D eigenvalue weighted by Crippen LogP contribution is 2.39. The van der Waals surface area contributed by atoms with Crippen LogP contribution in [0, 0.1) is 0 Å². The van der Waals surface area contributed by atoms with Crippen molar-refractivity contribution in [1.29, 1.82) is 0 Å². The van der Waals surface area contributed by atoms with E-state index in [1.807, 2.05) is 26.0 Å². The number of carbonyl (C=O) groups is 1. The molecule has 224 valence electrons. The average molecular weight is 625 g/mol. The third-order valence-electron chi connectivity index (χ3n) is 7.18. The van der Waals surface area contributed by atoms with Gasteiger partial charge in [0.25, 0.3) is 5.91 Å². The summed E-state index contributed by atoms with van der Waals surface area (Å²) in [5.74, 6) is 1.09. The van der Waals surface area contributed by atoms with E-state index in [1.54, 1.807) is 17.0 Å². The minimum Gasteiger partial charge on any atom is -0.486 e. The number of ether oxygens (including phenoxy) is 3. The molecule has 2 unspecified atom stereocenters. The Morgan fingerprint density at radius 2 is 1.61 bits per heavy atom. The maximum atomic E-state index is 13.9. The monoisotopic (exact) mass is 624 g/mol. The number of anilines is 1. The fourth-order valence-corrected chi connectivity index (χ4v) is 7.63. The molecule has 41 heavy (non-hydrogen) atoms. The van der Waals surface area contributed by atoms with Crippen molar-refractivity contribution in [2.75, 3.05) is 57.4 Å². The van der Waals surface area contributed by atoms with E-state index in [9.17, 15) is 13.2 Å². The molecule has 1 fully saturated rings. The van der Waals surface area contributed by atoms with Gasteiger partial charge in [-0.25, -0.2) is 13.4 Å². The van der Waals surface area contributed by atoms with E-state index in [-0.39, 0.29) is 35.4 Å². The summed E-state index contributed by atoms with van der Waals surface area (Å²) in [4.78, 5) is 22.7.